The first-order valence-corrected chi connectivity index (χ1v) is 7.93. The molecule has 4 N–H and O–H groups in total. The molecule has 1 amide bonds. The zero-order valence-electron chi connectivity index (χ0n) is 12.6. The highest BCUT2D eigenvalue weighted by atomic mass is 32.1. The molecule has 1 heterocycles. The van der Waals surface area contributed by atoms with Crippen LogP contribution < -0.4 is 16.4 Å². The minimum absolute atomic E-state index is 0.0834. The second-order valence-corrected chi connectivity index (χ2v) is 7.04. The number of aromatic nitrogens is 1. The molecule has 0 spiro atoms. The van der Waals surface area contributed by atoms with Crippen molar-refractivity contribution in [3.8, 4) is 0 Å². The normalized spacial score (nSPS) is 16.5. The SMILES string of the molecule is CC(C)NC(=O)c1c(N)nsc1NCC1(C(C)C)CC1. The molecule has 0 radical (unpaired) electrons. The number of hydrogen-bond acceptors (Lipinski definition) is 5. The number of rotatable bonds is 6. The summed E-state index contributed by atoms with van der Waals surface area (Å²) in [6.45, 7) is 9.25. The first-order valence-electron chi connectivity index (χ1n) is 7.15. The average Bonchev–Trinajstić information content (AvgIpc) is 3.05. The molecule has 1 fully saturated rings. The molecule has 0 bridgehead atoms. The lowest BCUT2D eigenvalue weighted by Gasteiger charge is -2.20. The Bertz CT molecular complexity index is 491. The average molecular weight is 296 g/mol. The van der Waals surface area contributed by atoms with Gasteiger partial charge in [-0.25, -0.2) is 0 Å². The maximum Gasteiger partial charge on any atom is 0.258 e. The topological polar surface area (TPSA) is 80.0 Å². The van der Waals surface area contributed by atoms with Crippen LogP contribution in [0.2, 0.25) is 0 Å². The summed E-state index contributed by atoms with van der Waals surface area (Å²) in [7, 11) is 0. The summed E-state index contributed by atoms with van der Waals surface area (Å²) in [6, 6.07) is 0.0834. The van der Waals surface area contributed by atoms with Gasteiger partial charge in [0.25, 0.3) is 5.91 Å². The van der Waals surface area contributed by atoms with Gasteiger partial charge in [0.15, 0.2) is 5.82 Å². The predicted octanol–water partition coefficient (Wildman–Crippen LogP) is 2.71. The van der Waals surface area contributed by atoms with E-state index in [1.807, 2.05) is 13.8 Å². The van der Waals surface area contributed by atoms with Crippen LogP contribution in [-0.2, 0) is 0 Å². The van der Waals surface area contributed by atoms with E-state index in [1.54, 1.807) is 0 Å². The van der Waals surface area contributed by atoms with Gasteiger partial charge >= 0.3 is 0 Å². The molecule has 20 heavy (non-hydrogen) atoms. The fraction of sp³-hybridized carbons (Fsp3) is 0.714. The highest BCUT2D eigenvalue weighted by Gasteiger charge is 2.45. The minimum atomic E-state index is -0.150. The summed E-state index contributed by atoms with van der Waals surface area (Å²) in [5, 5.41) is 7.04. The van der Waals surface area contributed by atoms with Crippen LogP contribution >= 0.6 is 11.5 Å². The number of anilines is 2. The monoisotopic (exact) mass is 296 g/mol. The molecule has 2 rings (SSSR count). The van der Waals surface area contributed by atoms with Crippen molar-refractivity contribution in [3.05, 3.63) is 5.56 Å². The number of carbonyl (C=O) groups is 1. The lowest BCUT2D eigenvalue weighted by Crippen LogP contribution is -2.31. The fourth-order valence-corrected chi connectivity index (χ4v) is 3.06. The van der Waals surface area contributed by atoms with E-state index < -0.39 is 0 Å². The van der Waals surface area contributed by atoms with Crippen molar-refractivity contribution in [1.29, 1.82) is 0 Å². The maximum atomic E-state index is 12.2. The number of carbonyl (C=O) groups excluding carboxylic acids is 1. The highest BCUT2D eigenvalue weighted by Crippen LogP contribution is 2.52. The predicted molar refractivity (Wildman–Crippen MR) is 84.1 cm³/mol. The van der Waals surface area contributed by atoms with Crippen LogP contribution in [0.1, 0.15) is 50.9 Å². The Morgan fingerprint density at radius 1 is 1.40 bits per heavy atom. The van der Waals surface area contributed by atoms with Crippen molar-refractivity contribution in [2.24, 2.45) is 11.3 Å². The van der Waals surface area contributed by atoms with Crippen LogP contribution in [0.25, 0.3) is 0 Å². The highest BCUT2D eigenvalue weighted by molar-refractivity contribution is 7.11. The fourth-order valence-electron chi connectivity index (χ4n) is 2.35. The van der Waals surface area contributed by atoms with Gasteiger partial charge in [0.2, 0.25) is 0 Å². The van der Waals surface area contributed by atoms with E-state index in [0.717, 1.165) is 11.5 Å². The number of amides is 1. The van der Waals surface area contributed by atoms with Gasteiger partial charge in [-0.15, -0.1) is 0 Å². The Hall–Kier alpha value is -1.30. The lowest BCUT2D eigenvalue weighted by molar-refractivity contribution is 0.0945. The van der Waals surface area contributed by atoms with Crippen LogP contribution in [0.4, 0.5) is 10.8 Å². The standard InChI is InChI=1S/C14H24N4OS/c1-8(2)14(5-6-14)7-16-13-10(11(15)18-20-13)12(19)17-9(3)4/h8-9,16H,5-7H2,1-4H3,(H2,15,18)(H,17,19). The van der Waals surface area contributed by atoms with Crippen LogP contribution in [0.15, 0.2) is 0 Å². The number of nitrogens with one attached hydrogen (secondary N) is 2. The van der Waals surface area contributed by atoms with E-state index in [-0.39, 0.29) is 11.9 Å². The number of nitrogens with zero attached hydrogens (tertiary/aromatic N) is 1. The molecule has 1 aromatic heterocycles. The Labute approximate surface area is 124 Å². The quantitative estimate of drug-likeness (QED) is 0.754. The first-order chi connectivity index (χ1) is 9.35. The largest absolute Gasteiger partial charge is 0.382 e. The zero-order valence-corrected chi connectivity index (χ0v) is 13.4. The van der Waals surface area contributed by atoms with Gasteiger partial charge in [-0.1, -0.05) is 13.8 Å². The van der Waals surface area contributed by atoms with Gasteiger partial charge in [-0.05, 0) is 49.6 Å². The zero-order chi connectivity index (χ0) is 14.9. The molecule has 112 valence electrons. The van der Waals surface area contributed by atoms with Crippen molar-refractivity contribution < 1.29 is 4.79 Å². The molecule has 5 nitrogen and oxygen atoms in total. The first kappa shape index (κ1) is 15.1. The van der Waals surface area contributed by atoms with Gasteiger partial charge in [0.1, 0.15) is 10.6 Å². The number of nitrogen functional groups attached to an aromatic ring is 1. The maximum absolute atomic E-state index is 12.2. The van der Waals surface area contributed by atoms with Gasteiger partial charge < -0.3 is 16.4 Å². The molecule has 0 saturated heterocycles. The Kier molecular flexibility index (Phi) is 4.22. The smallest absolute Gasteiger partial charge is 0.258 e. The van der Waals surface area contributed by atoms with E-state index >= 15 is 0 Å². The Morgan fingerprint density at radius 3 is 2.55 bits per heavy atom. The van der Waals surface area contributed by atoms with Crippen molar-refractivity contribution >= 4 is 28.3 Å². The number of hydrogen-bond donors (Lipinski definition) is 3. The van der Waals surface area contributed by atoms with E-state index in [2.05, 4.69) is 28.9 Å². The van der Waals surface area contributed by atoms with E-state index in [9.17, 15) is 4.79 Å². The third kappa shape index (κ3) is 3.06. The third-order valence-electron chi connectivity index (χ3n) is 4.08. The van der Waals surface area contributed by atoms with Crippen molar-refractivity contribution in [2.75, 3.05) is 17.6 Å². The van der Waals surface area contributed by atoms with E-state index in [0.29, 0.717) is 22.7 Å². The second-order valence-electron chi connectivity index (χ2n) is 6.27. The molecule has 0 aliphatic heterocycles. The minimum Gasteiger partial charge on any atom is -0.382 e. The third-order valence-corrected chi connectivity index (χ3v) is 4.90. The van der Waals surface area contributed by atoms with Crippen molar-refractivity contribution in [1.82, 2.24) is 9.69 Å². The Balaban J connectivity index is 2.07. The lowest BCUT2D eigenvalue weighted by atomic mass is 9.92. The summed E-state index contributed by atoms with van der Waals surface area (Å²) in [5.41, 5.74) is 6.70. The van der Waals surface area contributed by atoms with E-state index in [4.69, 9.17) is 5.73 Å². The molecular weight excluding hydrogens is 272 g/mol. The van der Waals surface area contributed by atoms with Crippen LogP contribution in [0, 0.1) is 11.3 Å². The molecule has 0 aromatic carbocycles. The molecule has 0 unspecified atom stereocenters. The second kappa shape index (κ2) is 5.60. The summed E-state index contributed by atoms with van der Waals surface area (Å²) in [5.74, 6) is 0.807. The summed E-state index contributed by atoms with van der Waals surface area (Å²) < 4.78 is 4.11. The van der Waals surface area contributed by atoms with Gasteiger partial charge in [-0.2, -0.15) is 4.37 Å². The van der Waals surface area contributed by atoms with Crippen LogP contribution in [0.5, 0.6) is 0 Å². The molecule has 0 atom stereocenters. The molecule has 1 aliphatic rings. The summed E-state index contributed by atoms with van der Waals surface area (Å²) >= 11 is 1.26. The summed E-state index contributed by atoms with van der Waals surface area (Å²) in [6.07, 6.45) is 2.50. The van der Waals surface area contributed by atoms with E-state index in [1.165, 1.54) is 24.4 Å². The van der Waals surface area contributed by atoms with Gasteiger partial charge in [0.05, 0.1) is 0 Å². The van der Waals surface area contributed by atoms with Crippen molar-refractivity contribution in [3.63, 3.8) is 0 Å². The molecular formula is C14H24N4OS. The van der Waals surface area contributed by atoms with Crippen LogP contribution in [-0.4, -0.2) is 22.9 Å². The Morgan fingerprint density at radius 2 is 2.05 bits per heavy atom. The van der Waals surface area contributed by atoms with Crippen LogP contribution in [0.3, 0.4) is 0 Å². The van der Waals surface area contributed by atoms with Gasteiger partial charge in [0, 0.05) is 12.6 Å². The number of nitrogens with two attached hydrogens (primary N) is 1. The molecule has 1 aromatic rings. The molecule has 6 heteroatoms. The molecule has 1 saturated carbocycles. The van der Waals surface area contributed by atoms with Gasteiger partial charge in [-0.3, -0.25) is 4.79 Å². The molecule has 1 aliphatic carbocycles. The van der Waals surface area contributed by atoms with Crippen molar-refractivity contribution in [2.45, 2.75) is 46.6 Å². The summed E-state index contributed by atoms with van der Waals surface area (Å²) in [4.78, 5) is 12.2.